The van der Waals surface area contributed by atoms with Crippen molar-refractivity contribution >= 4 is 17.5 Å². The number of carbonyl (C=O) groups excluding carboxylic acids is 1. The Morgan fingerprint density at radius 2 is 2.17 bits per heavy atom. The minimum atomic E-state index is -0.349. The molecule has 0 bridgehead atoms. The van der Waals surface area contributed by atoms with E-state index in [1.54, 1.807) is 24.1 Å². The standard InChI is InChI=1S/C13H18ClFN2O/c1-9(2)16-13(18)8-17(3)7-10-11(14)5-4-6-12(10)15/h4-6,9H,7-8H2,1-3H3,(H,16,18). The minimum Gasteiger partial charge on any atom is -0.353 e. The summed E-state index contributed by atoms with van der Waals surface area (Å²) >= 11 is 5.93. The zero-order valence-corrected chi connectivity index (χ0v) is 11.6. The van der Waals surface area contributed by atoms with Crippen molar-refractivity contribution in [2.75, 3.05) is 13.6 Å². The third-order valence-corrected chi connectivity index (χ3v) is 2.71. The molecule has 0 saturated heterocycles. The highest BCUT2D eigenvalue weighted by Gasteiger charge is 2.12. The lowest BCUT2D eigenvalue weighted by atomic mass is 10.2. The number of likely N-dealkylation sites (N-methyl/N-ethyl adjacent to an activating group) is 1. The van der Waals surface area contributed by atoms with Crippen LogP contribution in [0.5, 0.6) is 0 Å². The second kappa shape index (κ2) is 6.71. The van der Waals surface area contributed by atoms with Crippen LogP contribution < -0.4 is 5.32 Å². The third-order valence-electron chi connectivity index (χ3n) is 2.35. The molecule has 0 radical (unpaired) electrons. The van der Waals surface area contributed by atoms with E-state index in [-0.39, 0.29) is 24.3 Å². The van der Waals surface area contributed by atoms with Crippen LogP contribution in [0.1, 0.15) is 19.4 Å². The first kappa shape index (κ1) is 14.9. The van der Waals surface area contributed by atoms with Crippen LogP contribution >= 0.6 is 11.6 Å². The molecule has 0 heterocycles. The fourth-order valence-corrected chi connectivity index (χ4v) is 1.84. The summed E-state index contributed by atoms with van der Waals surface area (Å²) < 4.78 is 13.5. The largest absolute Gasteiger partial charge is 0.353 e. The molecule has 5 heteroatoms. The Bertz CT molecular complexity index is 403. The maximum absolute atomic E-state index is 13.5. The Morgan fingerprint density at radius 3 is 2.72 bits per heavy atom. The first-order valence-corrected chi connectivity index (χ1v) is 6.18. The van der Waals surface area contributed by atoms with Crippen molar-refractivity contribution in [2.24, 2.45) is 0 Å². The summed E-state index contributed by atoms with van der Waals surface area (Å²) in [5.41, 5.74) is 0.416. The molecule has 0 aliphatic carbocycles. The van der Waals surface area contributed by atoms with Crippen LogP contribution in [0.3, 0.4) is 0 Å². The van der Waals surface area contributed by atoms with Crippen molar-refractivity contribution in [3.05, 3.63) is 34.6 Å². The van der Waals surface area contributed by atoms with E-state index >= 15 is 0 Å². The topological polar surface area (TPSA) is 32.3 Å². The van der Waals surface area contributed by atoms with Gasteiger partial charge in [-0.3, -0.25) is 9.69 Å². The van der Waals surface area contributed by atoms with Crippen molar-refractivity contribution in [1.29, 1.82) is 0 Å². The quantitative estimate of drug-likeness (QED) is 0.893. The monoisotopic (exact) mass is 272 g/mol. The number of rotatable bonds is 5. The highest BCUT2D eigenvalue weighted by atomic mass is 35.5. The molecule has 1 N–H and O–H groups in total. The van der Waals surface area contributed by atoms with Crippen LogP contribution in [0, 0.1) is 5.82 Å². The molecule has 1 amide bonds. The summed E-state index contributed by atoms with van der Waals surface area (Å²) in [6.07, 6.45) is 0. The van der Waals surface area contributed by atoms with E-state index in [1.165, 1.54) is 6.07 Å². The molecule has 1 rings (SSSR count). The van der Waals surface area contributed by atoms with Gasteiger partial charge in [-0.25, -0.2) is 4.39 Å². The highest BCUT2D eigenvalue weighted by Crippen LogP contribution is 2.20. The summed E-state index contributed by atoms with van der Waals surface area (Å²) in [5, 5.41) is 3.16. The molecule has 0 atom stereocenters. The summed E-state index contributed by atoms with van der Waals surface area (Å²) in [6, 6.07) is 4.67. The van der Waals surface area contributed by atoms with Crippen molar-refractivity contribution in [2.45, 2.75) is 26.4 Å². The first-order valence-electron chi connectivity index (χ1n) is 5.81. The van der Waals surface area contributed by atoms with E-state index in [0.29, 0.717) is 17.1 Å². The van der Waals surface area contributed by atoms with Crippen LogP contribution in [0.2, 0.25) is 5.02 Å². The fourth-order valence-electron chi connectivity index (χ4n) is 1.62. The van der Waals surface area contributed by atoms with E-state index in [0.717, 1.165) is 0 Å². The van der Waals surface area contributed by atoms with Crippen LogP contribution in [0.25, 0.3) is 0 Å². The molecule has 0 unspecified atom stereocenters. The zero-order chi connectivity index (χ0) is 13.7. The van der Waals surface area contributed by atoms with E-state index in [1.807, 2.05) is 13.8 Å². The minimum absolute atomic E-state index is 0.0834. The van der Waals surface area contributed by atoms with Crippen molar-refractivity contribution in [1.82, 2.24) is 10.2 Å². The average molecular weight is 273 g/mol. The predicted molar refractivity (Wildman–Crippen MR) is 71.0 cm³/mol. The zero-order valence-electron chi connectivity index (χ0n) is 10.8. The molecular weight excluding hydrogens is 255 g/mol. The molecule has 1 aromatic rings. The van der Waals surface area contributed by atoms with Gasteiger partial charge in [-0.2, -0.15) is 0 Å². The molecule has 0 aromatic heterocycles. The lowest BCUT2D eigenvalue weighted by Crippen LogP contribution is -2.38. The van der Waals surface area contributed by atoms with Gasteiger partial charge in [0, 0.05) is 23.2 Å². The van der Waals surface area contributed by atoms with Gasteiger partial charge in [-0.05, 0) is 33.0 Å². The fraction of sp³-hybridized carbons (Fsp3) is 0.462. The maximum Gasteiger partial charge on any atom is 0.234 e. The SMILES string of the molecule is CC(C)NC(=O)CN(C)Cc1c(F)cccc1Cl. The molecule has 0 saturated carbocycles. The number of nitrogens with one attached hydrogen (secondary N) is 1. The smallest absolute Gasteiger partial charge is 0.234 e. The molecular formula is C13H18ClFN2O. The molecule has 0 fully saturated rings. The van der Waals surface area contributed by atoms with Gasteiger partial charge in [0.1, 0.15) is 5.82 Å². The summed E-state index contributed by atoms with van der Waals surface area (Å²) in [7, 11) is 1.75. The second-order valence-electron chi connectivity index (χ2n) is 4.59. The van der Waals surface area contributed by atoms with Gasteiger partial charge in [-0.15, -0.1) is 0 Å². The normalized spacial score (nSPS) is 11.1. The number of halogens is 2. The Morgan fingerprint density at radius 1 is 1.50 bits per heavy atom. The summed E-state index contributed by atoms with van der Waals surface area (Å²) in [4.78, 5) is 13.3. The van der Waals surface area contributed by atoms with Gasteiger partial charge in [-0.1, -0.05) is 17.7 Å². The Labute approximate surface area is 112 Å². The average Bonchev–Trinajstić information content (AvgIpc) is 2.22. The van der Waals surface area contributed by atoms with Gasteiger partial charge in [0.2, 0.25) is 5.91 Å². The molecule has 0 aliphatic rings. The van der Waals surface area contributed by atoms with E-state index < -0.39 is 0 Å². The lowest BCUT2D eigenvalue weighted by Gasteiger charge is -2.18. The molecule has 0 spiro atoms. The highest BCUT2D eigenvalue weighted by molar-refractivity contribution is 6.31. The molecule has 3 nitrogen and oxygen atoms in total. The number of amides is 1. The van der Waals surface area contributed by atoms with Crippen LogP contribution in [-0.2, 0) is 11.3 Å². The Balaban J connectivity index is 2.59. The van der Waals surface area contributed by atoms with Crippen LogP contribution in [0.15, 0.2) is 18.2 Å². The van der Waals surface area contributed by atoms with Gasteiger partial charge < -0.3 is 5.32 Å². The molecule has 1 aromatic carbocycles. The van der Waals surface area contributed by atoms with E-state index in [9.17, 15) is 9.18 Å². The number of carbonyl (C=O) groups is 1. The lowest BCUT2D eigenvalue weighted by molar-refractivity contribution is -0.122. The number of hydrogen-bond donors (Lipinski definition) is 1. The van der Waals surface area contributed by atoms with Crippen molar-refractivity contribution in [3.8, 4) is 0 Å². The molecule has 18 heavy (non-hydrogen) atoms. The van der Waals surface area contributed by atoms with Crippen LogP contribution in [-0.4, -0.2) is 30.4 Å². The van der Waals surface area contributed by atoms with Gasteiger partial charge >= 0.3 is 0 Å². The van der Waals surface area contributed by atoms with Crippen molar-refractivity contribution < 1.29 is 9.18 Å². The van der Waals surface area contributed by atoms with Crippen LogP contribution in [0.4, 0.5) is 4.39 Å². The van der Waals surface area contributed by atoms with Gasteiger partial charge in [0.25, 0.3) is 0 Å². The predicted octanol–water partition coefficient (Wildman–Crippen LogP) is 2.44. The summed E-state index contributed by atoms with van der Waals surface area (Å²) in [6.45, 7) is 4.30. The number of hydrogen-bond acceptors (Lipinski definition) is 2. The van der Waals surface area contributed by atoms with Crippen molar-refractivity contribution in [3.63, 3.8) is 0 Å². The Kier molecular flexibility index (Phi) is 5.56. The Hall–Kier alpha value is -1.13. The van der Waals surface area contributed by atoms with E-state index in [4.69, 9.17) is 11.6 Å². The maximum atomic E-state index is 13.5. The first-order chi connectivity index (χ1) is 8.40. The van der Waals surface area contributed by atoms with Gasteiger partial charge in [0.05, 0.1) is 6.54 Å². The second-order valence-corrected chi connectivity index (χ2v) is 5.00. The van der Waals surface area contributed by atoms with E-state index in [2.05, 4.69) is 5.32 Å². The third kappa shape index (κ3) is 4.63. The number of nitrogens with zero attached hydrogens (tertiary/aromatic N) is 1. The molecule has 100 valence electrons. The van der Waals surface area contributed by atoms with Gasteiger partial charge in [0.15, 0.2) is 0 Å². The number of benzene rings is 1. The summed E-state index contributed by atoms with van der Waals surface area (Å²) in [5.74, 6) is -0.432. The molecule has 0 aliphatic heterocycles.